The van der Waals surface area contributed by atoms with Crippen LogP contribution in [-0.4, -0.2) is 29.5 Å². The minimum absolute atomic E-state index is 0.0351. The second-order valence-electron chi connectivity index (χ2n) is 8.28. The van der Waals surface area contributed by atoms with E-state index in [1.807, 2.05) is 54.3 Å². The molecular formula is C26H28N6O3. The summed E-state index contributed by atoms with van der Waals surface area (Å²) in [5, 5.41) is 16.6. The van der Waals surface area contributed by atoms with Crippen molar-refractivity contribution >= 4 is 40.5 Å². The van der Waals surface area contributed by atoms with Crippen molar-refractivity contribution < 1.29 is 14.8 Å². The second-order valence-corrected chi connectivity index (χ2v) is 8.28. The maximum atomic E-state index is 13.0. The molecule has 3 aromatic carbocycles. The number of amides is 3. The molecule has 1 aliphatic heterocycles. The van der Waals surface area contributed by atoms with Crippen LogP contribution in [0.15, 0.2) is 78.0 Å². The number of nitrogens with one attached hydrogen (secondary N) is 2. The zero-order valence-electron chi connectivity index (χ0n) is 19.4. The van der Waals surface area contributed by atoms with Gasteiger partial charge in [-0.25, -0.2) is 10.2 Å². The van der Waals surface area contributed by atoms with Gasteiger partial charge in [0.1, 0.15) is 0 Å². The van der Waals surface area contributed by atoms with Gasteiger partial charge in [0.25, 0.3) is 0 Å². The molecule has 9 nitrogen and oxygen atoms in total. The number of aryl methyl sites for hydroxylation is 1. The molecule has 1 heterocycles. The molecule has 0 aliphatic carbocycles. The monoisotopic (exact) mass is 472 g/mol. The van der Waals surface area contributed by atoms with E-state index in [0.717, 1.165) is 29.8 Å². The van der Waals surface area contributed by atoms with Crippen LogP contribution in [0.3, 0.4) is 0 Å². The van der Waals surface area contributed by atoms with Crippen LogP contribution in [-0.2, 0) is 4.79 Å². The number of oxime groups is 1. The molecule has 9 heteroatoms. The molecule has 0 atom stereocenters. The minimum Gasteiger partial charge on any atom is -0.409 e. The number of anilines is 4. The van der Waals surface area contributed by atoms with Gasteiger partial charge in [-0.2, -0.15) is 0 Å². The van der Waals surface area contributed by atoms with Gasteiger partial charge in [-0.05, 0) is 67.8 Å². The van der Waals surface area contributed by atoms with Gasteiger partial charge in [-0.15, -0.1) is 0 Å². The molecule has 0 unspecified atom stereocenters. The molecule has 4 rings (SSSR count). The third kappa shape index (κ3) is 5.52. The van der Waals surface area contributed by atoms with Gasteiger partial charge in [0.05, 0.1) is 11.4 Å². The van der Waals surface area contributed by atoms with E-state index in [2.05, 4.69) is 15.9 Å². The van der Waals surface area contributed by atoms with Crippen molar-refractivity contribution in [2.75, 3.05) is 21.8 Å². The summed E-state index contributed by atoms with van der Waals surface area (Å²) in [5.74, 6) is 0.0949. The number of para-hydroxylation sites is 1. The summed E-state index contributed by atoms with van der Waals surface area (Å²) >= 11 is 0. The van der Waals surface area contributed by atoms with Gasteiger partial charge >= 0.3 is 6.03 Å². The Balaban J connectivity index is 1.54. The Labute approximate surface area is 203 Å². The lowest BCUT2D eigenvalue weighted by Crippen LogP contribution is -2.41. The normalized spacial score (nSPS) is 13.9. The summed E-state index contributed by atoms with van der Waals surface area (Å²) in [6, 6.07) is 21.3. The second kappa shape index (κ2) is 10.6. The Morgan fingerprint density at radius 3 is 2.51 bits per heavy atom. The standard InChI is InChI=1S/C26H28N6O3/c1-18-16-20(13-14-23(18)31-15-6-5-12-24(31)33)28-26(34)29-32(21-9-3-2-4-10-21)22-11-7-8-19(17-22)25(27)30-35/h2-4,7-11,13-14,16-17,35H,5-6,12,15H2,1H3,(H2,27,30)(H2,28,29,34). The van der Waals surface area contributed by atoms with Crippen molar-refractivity contribution in [3.63, 3.8) is 0 Å². The Morgan fingerprint density at radius 2 is 1.80 bits per heavy atom. The molecule has 0 bridgehead atoms. The lowest BCUT2D eigenvalue weighted by Gasteiger charge is -2.28. The van der Waals surface area contributed by atoms with Gasteiger partial charge in [-0.3, -0.25) is 9.80 Å². The van der Waals surface area contributed by atoms with E-state index < -0.39 is 6.03 Å². The van der Waals surface area contributed by atoms with Crippen molar-refractivity contribution in [1.82, 2.24) is 5.43 Å². The molecule has 0 spiro atoms. The van der Waals surface area contributed by atoms with E-state index in [9.17, 15) is 9.59 Å². The van der Waals surface area contributed by atoms with Gasteiger partial charge in [0.2, 0.25) is 5.91 Å². The minimum atomic E-state index is -0.454. The number of carbonyl (C=O) groups excluding carboxylic acids is 2. The Morgan fingerprint density at radius 1 is 1.03 bits per heavy atom. The molecule has 0 radical (unpaired) electrons. The number of hydrogen-bond donors (Lipinski definition) is 4. The molecule has 1 aliphatic rings. The van der Waals surface area contributed by atoms with Gasteiger partial charge in [0, 0.05) is 29.9 Å². The molecule has 3 amide bonds. The highest BCUT2D eigenvalue weighted by Crippen LogP contribution is 2.28. The molecule has 35 heavy (non-hydrogen) atoms. The Kier molecular flexibility index (Phi) is 7.15. The van der Waals surface area contributed by atoms with Crippen molar-refractivity contribution in [3.8, 4) is 0 Å². The zero-order chi connectivity index (χ0) is 24.8. The van der Waals surface area contributed by atoms with E-state index in [-0.39, 0.29) is 11.7 Å². The lowest BCUT2D eigenvalue weighted by atomic mass is 10.1. The average Bonchev–Trinajstić information content (AvgIpc) is 2.88. The largest absolute Gasteiger partial charge is 0.409 e. The van der Waals surface area contributed by atoms with Crippen LogP contribution in [0.1, 0.15) is 30.4 Å². The third-order valence-corrected chi connectivity index (χ3v) is 5.80. The number of nitrogens with two attached hydrogens (primary N) is 1. The first-order chi connectivity index (χ1) is 17.0. The lowest BCUT2D eigenvalue weighted by molar-refractivity contribution is -0.119. The summed E-state index contributed by atoms with van der Waals surface area (Å²) < 4.78 is 0. The van der Waals surface area contributed by atoms with Crippen LogP contribution in [0.5, 0.6) is 0 Å². The molecule has 0 saturated carbocycles. The summed E-state index contributed by atoms with van der Waals surface area (Å²) in [4.78, 5) is 27.1. The fourth-order valence-corrected chi connectivity index (χ4v) is 4.07. The van der Waals surface area contributed by atoms with Crippen LogP contribution in [0, 0.1) is 6.92 Å². The van der Waals surface area contributed by atoms with Crippen molar-refractivity contribution in [2.24, 2.45) is 10.9 Å². The molecule has 3 aromatic rings. The number of nitrogens with zero attached hydrogens (tertiary/aromatic N) is 3. The highest BCUT2D eigenvalue weighted by Gasteiger charge is 2.21. The topological polar surface area (TPSA) is 123 Å². The number of piperidine rings is 1. The highest BCUT2D eigenvalue weighted by molar-refractivity contribution is 5.98. The predicted molar refractivity (Wildman–Crippen MR) is 137 cm³/mol. The van der Waals surface area contributed by atoms with Crippen molar-refractivity contribution in [3.05, 3.63) is 83.9 Å². The Hall–Kier alpha value is -4.53. The quantitative estimate of drug-likeness (QED) is 0.182. The number of hydrogen-bond acceptors (Lipinski definition) is 5. The SMILES string of the molecule is Cc1cc(NC(=O)NN(c2ccccc2)c2cccc(/C(N)=N\O)c2)ccc1N1CCCCC1=O. The van der Waals surface area contributed by atoms with Gasteiger partial charge in [-0.1, -0.05) is 35.5 Å². The number of amidine groups is 1. The maximum Gasteiger partial charge on any atom is 0.338 e. The Bertz CT molecular complexity index is 1240. The molecule has 5 N–H and O–H groups in total. The maximum absolute atomic E-state index is 13.0. The molecule has 0 aromatic heterocycles. The third-order valence-electron chi connectivity index (χ3n) is 5.80. The molecule has 180 valence electrons. The first-order valence-corrected chi connectivity index (χ1v) is 11.4. The average molecular weight is 473 g/mol. The summed E-state index contributed by atoms with van der Waals surface area (Å²) in [5.41, 5.74) is 12.8. The fraction of sp³-hybridized carbons (Fsp3) is 0.192. The number of benzene rings is 3. The highest BCUT2D eigenvalue weighted by atomic mass is 16.4. The number of hydrazine groups is 1. The summed E-state index contributed by atoms with van der Waals surface area (Å²) in [6.45, 7) is 2.64. The summed E-state index contributed by atoms with van der Waals surface area (Å²) in [7, 11) is 0. The first-order valence-electron chi connectivity index (χ1n) is 11.4. The molecular weight excluding hydrogens is 444 g/mol. The van der Waals surface area contributed by atoms with Gasteiger partial charge in [0.15, 0.2) is 5.84 Å². The van der Waals surface area contributed by atoms with E-state index in [1.54, 1.807) is 35.3 Å². The van der Waals surface area contributed by atoms with E-state index in [1.165, 1.54) is 0 Å². The number of rotatable bonds is 6. The molecule has 1 fully saturated rings. The van der Waals surface area contributed by atoms with E-state index >= 15 is 0 Å². The van der Waals surface area contributed by atoms with E-state index in [0.29, 0.717) is 29.9 Å². The fourth-order valence-electron chi connectivity index (χ4n) is 4.07. The van der Waals surface area contributed by atoms with Crippen molar-refractivity contribution in [1.29, 1.82) is 0 Å². The molecule has 1 saturated heterocycles. The van der Waals surface area contributed by atoms with Crippen LogP contribution in [0.4, 0.5) is 27.5 Å². The van der Waals surface area contributed by atoms with Crippen LogP contribution in [0.25, 0.3) is 0 Å². The first kappa shape index (κ1) is 23.6. The van der Waals surface area contributed by atoms with Crippen LogP contribution >= 0.6 is 0 Å². The predicted octanol–water partition coefficient (Wildman–Crippen LogP) is 4.48. The number of carbonyl (C=O) groups is 2. The van der Waals surface area contributed by atoms with Crippen LogP contribution < -0.4 is 26.4 Å². The zero-order valence-corrected chi connectivity index (χ0v) is 19.4. The summed E-state index contributed by atoms with van der Waals surface area (Å²) in [6.07, 6.45) is 2.47. The van der Waals surface area contributed by atoms with Gasteiger partial charge < -0.3 is 21.2 Å². The van der Waals surface area contributed by atoms with Crippen LogP contribution in [0.2, 0.25) is 0 Å². The van der Waals surface area contributed by atoms with E-state index in [4.69, 9.17) is 10.9 Å². The van der Waals surface area contributed by atoms with Crippen molar-refractivity contribution in [2.45, 2.75) is 26.2 Å². The smallest absolute Gasteiger partial charge is 0.338 e. The number of urea groups is 1.